The molecule has 0 aliphatic carbocycles. The Morgan fingerprint density at radius 3 is 2.80 bits per heavy atom. The molecule has 1 fully saturated rings. The van der Waals surface area contributed by atoms with Crippen LogP contribution in [0, 0.1) is 0 Å². The minimum atomic E-state index is -0.667. The van der Waals surface area contributed by atoms with Gasteiger partial charge in [0.2, 0.25) is 0 Å². The van der Waals surface area contributed by atoms with Gasteiger partial charge in [-0.1, -0.05) is 36.8 Å². The Morgan fingerprint density at radius 2 is 2.05 bits per heavy atom. The number of benzene rings is 1. The molecule has 3 nitrogen and oxygen atoms in total. The molecule has 1 saturated heterocycles. The molecule has 0 amide bonds. The molecule has 1 heterocycles. The first-order chi connectivity index (χ1) is 9.75. The van der Waals surface area contributed by atoms with Gasteiger partial charge in [0.1, 0.15) is 0 Å². The van der Waals surface area contributed by atoms with Crippen molar-refractivity contribution in [3.8, 4) is 0 Å². The standard InChI is InChI=1S/C17H25NO2/c19-17(20)12-11-16-10-4-5-13-18(16)14-6-9-15-7-2-1-3-8-15/h1-3,7-8,16H,4-6,9-14H2,(H,19,20). The Bertz CT molecular complexity index is 405. The summed E-state index contributed by atoms with van der Waals surface area (Å²) in [5, 5.41) is 8.84. The summed E-state index contributed by atoms with van der Waals surface area (Å²) < 4.78 is 0. The van der Waals surface area contributed by atoms with Gasteiger partial charge < -0.3 is 10.0 Å². The van der Waals surface area contributed by atoms with Gasteiger partial charge in [-0.05, 0) is 50.8 Å². The molecule has 1 aliphatic rings. The lowest BCUT2D eigenvalue weighted by Crippen LogP contribution is -2.40. The van der Waals surface area contributed by atoms with Crippen LogP contribution in [0.5, 0.6) is 0 Å². The normalized spacial score (nSPS) is 19.9. The van der Waals surface area contributed by atoms with Crippen LogP contribution in [-0.2, 0) is 11.2 Å². The van der Waals surface area contributed by atoms with E-state index >= 15 is 0 Å². The van der Waals surface area contributed by atoms with Crippen LogP contribution in [0.25, 0.3) is 0 Å². The lowest BCUT2D eigenvalue weighted by Gasteiger charge is -2.35. The van der Waals surface area contributed by atoms with Crippen molar-refractivity contribution in [1.82, 2.24) is 4.90 Å². The maximum atomic E-state index is 10.7. The van der Waals surface area contributed by atoms with Crippen molar-refractivity contribution >= 4 is 5.97 Å². The molecule has 20 heavy (non-hydrogen) atoms. The summed E-state index contributed by atoms with van der Waals surface area (Å²) in [5.74, 6) is -0.667. The minimum Gasteiger partial charge on any atom is -0.481 e. The monoisotopic (exact) mass is 275 g/mol. The summed E-state index contributed by atoms with van der Waals surface area (Å²) in [6.45, 7) is 2.23. The van der Waals surface area contributed by atoms with Crippen LogP contribution in [0.2, 0.25) is 0 Å². The Labute approximate surface area is 121 Å². The van der Waals surface area contributed by atoms with E-state index in [2.05, 4.69) is 35.2 Å². The summed E-state index contributed by atoms with van der Waals surface area (Å²) in [6.07, 6.45) is 7.06. The maximum absolute atomic E-state index is 10.7. The van der Waals surface area contributed by atoms with Gasteiger partial charge in [0.05, 0.1) is 0 Å². The van der Waals surface area contributed by atoms with Crippen LogP contribution >= 0.6 is 0 Å². The molecular formula is C17H25NO2. The number of likely N-dealkylation sites (tertiary alicyclic amines) is 1. The minimum absolute atomic E-state index is 0.305. The van der Waals surface area contributed by atoms with Gasteiger partial charge in [0, 0.05) is 12.5 Å². The van der Waals surface area contributed by atoms with Gasteiger partial charge in [0.15, 0.2) is 0 Å². The third-order valence-electron chi connectivity index (χ3n) is 4.19. The third-order valence-corrected chi connectivity index (χ3v) is 4.19. The Morgan fingerprint density at radius 1 is 1.25 bits per heavy atom. The van der Waals surface area contributed by atoms with Gasteiger partial charge >= 0.3 is 5.97 Å². The van der Waals surface area contributed by atoms with Crippen molar-refractivity contribution in [2.45, 2.75) is 51.0 Å². The predicted octanol–water partition coefficient (Wildman–Crippen LogP) is 3.34. The molecule has 0 saturated carbocycles. The van der Waals surface area contributed by atoms with E-state index in [1.807, 2.05) is 0 Å². The number of hydrogen-bond donors (Lipinski definition) is 1. The fraction of sp³-hybridized carbons (Fsp3) is 0.588. The average Bonchev–Trinajstić information content (AvgIpc) is 2.47. The molecule has 1 atom stereocenters. The fourth-order valence-electron chi connectivity index (χ4n) is 3.10. The van der Waals surface area contributed by atoms with E-state index in [1.165, 1.54) is 24.8 Å². The first-order valence-corrected chi connectivity index (χ1v) is 7.75. The third kappa shape index (κ3) is 4.97. The molecule has 3 heteroatoms. The Kier molecular flexibility index (Phi) is 6.06. The number of carbonyl (C=O) groups is 1. The molecule has 1 aromatic rings. The average molecular weight is 275 g/mol. The second-order valence-electron chi connectivity index (χ2n) is 5.71. The zero-order valence-electron chi connectivity index (χ0n) is 12.1. The highest BCUT2D eigenvalue weighted by Gasteiger charge is 2.22. The number of rotatable bonds is 7. The van der Waals surface area contributed by atoms with Crippen LogP contribution < -0.4 is 0 Å². The van der Waals surface area contributed by atoms with E-state index in [9.17, 15) is 4.79 Å². The van der Waals surface area contributed by atoms with Gasteiger partial charge in [0.25, 0.3) is 0 Å². The van der Waals surface area contributed by atoms with E-state index in [-0.39, 0.29) is 0 Å². The van der Waals surface area contributed by atoms with Crippen LogP contribution in [-0.4, -0.2) is 35.1 Å². The van der Waals surface area contributed by atoms with Crippen molar-refractivity contribution in [1.29, 1.82) is 0 Å². The highest BCUT2D eigenvalue weighted by molar-refractivity contribution is 5.66. The maximum Gasteiger partial charge on any atom is 0.303 e. The number of aryl methyl sites for hydroxylation is 1. The van der Waals surface area contributed by atoms with Gasteiger partial charge in [-0.15, -0.1) is 0 Å². The largest absolute Gasteiger partial charge is 0.481 e. The summed E-state index contributed by atoms with van der Waals surface area (Å²) >= 11 is 0. The molecule has 0 radical (unpaired) electrons. The first kappa shape index (κ1) is 15.0. The van der Waals surface area contributed by atoms with Crippen LogP contribution in [0.4, 0.5) is 0 Å². The van der Waals surface area contributed by atoms with Crippen LogP contribution in [0.15, 0.2) is 30.3 Å². The predicted molar refractivity (Wildman–Crippen MR) is 80.8 cm³/mol. The van der Waals surface area contributed by atoms with Gasteiger partial charge in [-0.2, -0.15) is 0 Å². The highest BCUT2D eigenvalue weighted by Crippen LogP contribution is 2.21. The molecule has 1 N–H and O–H groups in total. The number of hydrogen-bond acceptors (Lipinski definition) is 2. The number of nitrogens with zero attached hydrogens (tertiary/aromatic N) is 1. The topological polar surface area (TPSA) is 40.5 Å². The molecule has 2 rings (SSSR count). The second-order valence-corrected chi connectivity index (χ2v) is 5.71. The summed E-state index contributed by atoms with van der Waals surface area (Å²) in [6, 6.07) is 11.1. The van der Waals surface area contributed by atoms with E-state index in [4.69, 9.17) is 5.11 Å². The van der Waals surface area contributed by atoms with Crippen LogP contribution in [0.3, 0.4) is 0 Å². The lowest BCUT2D eigenvalue weighted by molar-refractivity contribution is -0.137. The summed E-state index contributed by atoms with van der Waals surface area (Å²) in [4.78, 5) is 13.2. The Balaban J connectivity index is 1.75. The van der Waals surface area contributed by atoms with Crippen LogP contribution in [0.1, 0.15) is 44.1 Å². The number of carboxylic acids is 1. The fourth-order valence-corrected chi connectivity index (χ4v) is 3.10. The molecular weight excluding hydrogens is 250 g/mol. The van der Waals surface area contributed by atoms with E-state index in [0.717, 1.165) is 32.4 Å². The van der Waals surface area contributed by atoms with E-state index < -0.39 is 5.97 Å². The Hall–Kier alpha value is -1.35. The molecule has 0 aromatic heterocycles. The SMILES string of the molecule is O=C(O)CCC1CCCCN1CCCc1ccccc1. The first-order valence-electron chi connectivity index (χ1n) is 7.75. The lowest BCUT2D eigenvalue weighted by atomic mass is 9.97. The van der Waals surface area contributed by atoms with E-state index in [0.29, 0.717) is 12.5 Å². The molecule has 110 valence electrons. The van der Waals surface area contributed by atoms with Gasteiger partial charge in [-0.3, -0.25) is 4.79 Å². The quantitative estimate of drug-likeness (QED) is 0.829. The second kappa shape index (κ2) is 8.05. The molecule has 1 unspecified atom stereocenters. The number of carboxylic acid groups (broad SMARTS) is 1. The molecule has 0 bridgehead atoms. The zero-order chi connectivity index (χ0) is 14.2. The van der Waals surface area contributed by atoms with E-state index in [1.54, 1.807) is 0 Å². The number of aliphatic carboxylic acids is 1. The summed E-state index contributed by atoms with van der Waals surface area (Å²) in [5.41, 5.74) is 1.39. The molecule has 0 spiro atoms. The number of piperidine rings is 1. The van der Waals surface area contributed by atoms with Crippen molar-refractivity contribution in [3.05, 3.63) is 35.9 Å². The molecule has 1 aliphatic heterocycles. The smallest absolute Gasteiger partial charge is 0.303 e. The van der Waals surface area contributed by atoms with Crippen molar-refractivity contribution in [2.75, 3.05) is 13.1 Å². The van der Waals surface area contributed by atoms with Crippen molar-refractivity contribution < 1.29 is 9.90 Å². The molecule has 1 aromatic carbocycles. The van der Waals surface area contributed by atoms with Gasteiger partial charge in [-0.25, -0.2) is 0 Å². The highest BCUT2D eigenvalue weighted by atomic mass is 16.4. The zero-order valence-corrected chi connectivity index (χ0v) is 12.1. The summed E-state index contributed by atoms with van der Waals surface area (Å²) in [7, 11) is 0. The van der Waals surface area contributed by atoms with Crippen molar-refractivity contribution in [3.63, 3.8) is 0 Å². The van der Waals surface area contributed by atoms with Crippen molar-refractivity contribution in [2.24, 2.45) is 0 Å².